The smallest absolute Gasteiger partial charge is 0.219 e. The number of pyridine rings is 1. The number of carbonyl (C=O) groups excluding carboxylic acids is 1. The molecule has 2 atom stereocenters. The summed E-state index contributed by atoms with van der Waals surface area (Å²) in [5.41, 5.74) is 2.65. The summed E-state index contributed by atoms with van der Waals surface area (Å²) in [5, 5.41) is 1.17. The highest BCUT2D eigenvalue weighted by molar-refractivity contribution is 6.34. The van der Waals surface area contributed by atoms with E-state index in [1.54, 1.807) is 19.2 Å². The Morgan fingerprint density at radius 1 is 1.25 bits per heavy atom. The maximum atomic E-state index is 12.4. The lowest BCUT2D eigenvalue weighted by atomic mass is 9.84. The van der Waals surface area contributed by atoms with E-state index in [4.69, 9.17) is 23.2 Å². The minimum absolute atomic E-state index is 0.0630. The van der Waals surface area contributed by atoms with E-state index >= 15 is 0 Å². The highest BCUT2D eigenvalue weighted by Crippen LogP contribution is 2.35. The lowest BCUT2D eigenvalue weighted by Crippen LogP contribution is -2.41. The van der Waals surface area contributed by atoms with Crippen LogP contribution >= 0.6 is 23.2 Å². The highest BCUT2D eigenvalue weighted by atomic mass is 35.5. The first-order valence-electron chi connectivity index (χ1n) is 9.52. The van der Waals surface area contributed by atoms with Crippen molar-refractivity contribution in [1.29, 1.82) is 0 Å². The van der Waals surface area contributed by atoms with Gasteiger partial charge in [-0.25, -0.2) is 9.97 Å². The molecule has 1 amide bonds. The van der Waals surface area contributed by atoms with Crippen molar-refractivity contribution in [2.75, 3.05) is 0 Å². The first-order chi connectivity index (χ1) is 13.5. The SMILES string of the molecule is CC(=O)N(Cc1cc(Cl)cc(Cl)c1)C1CCCC(c2nc3ncccc3[nH]2)C1. The molecule has 0 bridgehead atoms. The van der Waals surface area contributed by atoms with Crippen LogP contribution in [0.5, 0.6) is 0 Å². The van der Waals surface area contributed by atoms with Crippen LogP contribution in [0.3, 0.4) is 0 Å². The van der Waals surface area contributed by atoms with Gasteiger partial charge in [0.05, 0.1) is 5.52 Å². The zero-order chi connectivity index (χ0) is 19.7. The molecule has 0 spiro atoms. The van der Waals surface area contributed by atoms with Gasteiger partial charge in [-0.15, -0.1) is 0 Å². The average molecular weight is 417 g/mol. The van der Waals surface area contributed by atoms with Crippen LogP contribution in [0.1, 0.15) is 49.9 Å². The van der Waals surface area contributed by atoms with Gasteiger partial charge in [-0.2, -0.15) is 0 Å². The van der Waals surface area contributed by atoms with Crippen molar-refractivity contribution in [3.8, 4) is 0 Å². The molecule has 28 heavy (non-hydrogen) atoms. The number of rotatable bonds is 4. The molecule has 0 saturated heterocycles. The summed E-state index contributed by atoms with van der Waals surface area (Å²) in [6.45, 7) is 2.13. The van der Waals surface area contributed by atoms with Crippen LogP contribution in [0, 0.1) is 0 Å². The molecule has 4 rings (SSSR count). The zero-order valence-corrected chi connectivity index (χ0v) is 17.2. The average Bonchev–Trinajstić information content (AvgIpc) is 3.09. The van der Waals surface area contributed by atoms with Crippen LogP contribution in [0.15, 0.2) is 36.5 Å². The molecule has 0 aliphatic heterocycles. The van der Waals surface area contributed by atoms with Crippen molar-refractivity contribution >= 4 is 40.3 Å². The number of nitrogens with zero attached hydrogens (tertiary/aromatic N) is 3. The van der Waals surface area contributed by atoms with Gasteiger partial charge >= 0.3 is 0 Å². The third-order valence-electron chi connectivity index (χ3n) is 5.43. The third kappa shape index (κ3) is 4.15. The minimum atomic E-state index is 0.0630. The Balaban J connectivity index is 1.54. The number of imidazole rings is 1. The third-order valence-corrected chi connectivity index (χ3v) is 5.87. The molecule has 146 valence electrons. The predicted octanol–water partition coefficient (Wildman–Crippen LogP) is 5.34. The van der Waals surface area contributed by atoms with Gasteiger partial charge in [-0.1, -0.05) is 29.6 Å². The number of nitrogens with one attached hydrogen (secondary N) is 1. The largest absolute Gasteiger partial charge is 0.340 e. The molecular weight excluding hydrogens is 395 g/mol. The van der Waals surface area contributed by atoms with E-state index in [0.29, 0.717) is 16.6 Å². The van der Waals surface area contributed by atoms with Crippen molar-refractivity contribution in [2.24, 2.45) is 0 Å². The van der Waals surface area contributed by atoms with E-state index in [9.17, 15) is 4.79 Å². The van der Waals surface area contributed by atoms with Crippen LogP contribution in [0.4, 0.5) is 0 Å². The second-order valence-corrected chi connectivity index (χ2v) is 8.31. The predicted molar refractivity (Wildman–Crippen MR) is 112 cm³/mol. The lowest BCUT2D eigenvalue weighted by molar-refractivity contribution is -0.132. The van der Waals surface area contributed by atoms with E-state index in [1.807, 2.05) is 29.2 Å². The van der Waals surface area contributed by atoms with Gasteiger partial charge in [0.25, 0.3) is 0 Å². The van der Waals surface area contributed by atoms with Crippen molar-refractivity contribution in [2.45, 2.75) is 51.1 Å². The molecule has 5 nitrogen and oxygen atoms in total. The number of hydrogen-bond acceptors (Lipinski definition) is 3. The van der Waals surface area contributed by atoms with Gasteiger partial charge in [0.2, 0.25) is 5.91 Å². The number of amides is 1. The Kier molecular flexibility index (Phi) is 5.56. The van der Waals surface area contributed by atoms with Gasteiger partial charge in [-0.3, -0.25) is 4.79 Å². The Bertz CT molecular complexity index is 950. The number of fused-ring (bicyclic) bond motifs is 1. The number of benzene rings is 1. The van der Waals surface area contributed by atoms with E-state index in [-0.39, 0.29) is 17.9 Å². The fourth-order valence-electron chi connectivity index (χ4n) is 4.15. The standard InChI is InChI=1S/C21H22Cl2N4O/c1-13(28)27(12-14-8-16(22)11-17(23)9-14)18-5-2-4-15(10-18)20-25-19-6-3-7-24-21(19)26-20/h3,6-9,11,15,18H,2,4-5,10,12H2,1H3,(H,24,25,26). The molecule has 1 aromatic carbocycles. The van der Waals surface area contributed by atoms with Gasteiger partial charge in [0, 0.05) is 41.7 Å². The summed E-state index contributed by atoms with van der Waals surface area (Å²) in [4.78, 5) is 26.8. The lowest BCUT2D eigenvalue weighted by Gasteiger charge is -2.36. The number of carbonyl (C=O) groups is 1. The Labute approximate surface area is 174 Å². The van der Waals surface area contributed by atoms with Gasteiger partial charge < -0.3 is 9.88 Å². The van der Waals surface area contributed by atoms with Gasteiger partial charge in [0.15, 0.2) is 5.65 Å². The van der Waals surface area contributed by atoms with Crippen LogP contribution in [-0.2, 0) is 11.3 Å². The molecule has 1 fully saturated rings. The summed E-state index contributed by atoms with van der Waals surface area (Å²) in [6.07, 6.45) is 5.74. The number of halogens is 2. The number of aromatic amines is 1. The number of aromatic nitrogens is 3. The normalized spacial score (nSPS) is 19.7. The zero-order valence-electron chi connectivity index (χ0n) is 15.7. The topological polar surface area (TPSA) is 61.9 Å². The summed E-state index contributed by atoms with van der Waals surface area (Å²) < 4.78 is 0. The molecular formula is C21H22Cl2N4O. The second kappa shape index (κ2) is 8.10. The molecule has 2 unspecified atom stereocenters. The molecule has 7 heteroatoms. The summed E-state index contributed by atoms with van der Waals surface area (Å²) in [5.74, 6) is 1.32. The number of H-pyrrole nitrogens is 1. The Morgan fingerprint density at radius 3 is 2.75 bits per heavy atom. The first kappa shape index (κ1) is 19.2. The van der Waals surface area contributed by atoms with E-state index in [2.05, 4.69) is 15.0 Å². The van der Waals surface area contributed by atoms with Crippen molar-refractivity contribution in [3.05, 3.63) is 58.0 Å². The van der Waals surface area contributed by atoms with Crippen LogP contribution in [-0.4, -0.2) is 31.8 Å². The van der Waals surface area contributed by atoms with Crippen molar-refractivity contribution in [3.63, 3.8) is 0 Å². The van der Waals surface area contributed by atoms with Crippen LogP contribution in [0.2, 0.25) is 10.0 Å². The summed E-state index contributed by atoms with van der Waals surface area (Å²) >= 11 is 12.3. The summed E-state index contributed by atoms with van der Waals surface area (Å²) in [6, 6.07) is 9.50. The second-order valence-electron chi connectivity index (χ2n) is 7.44. The van der Waals surface area contributed by atoms with E-state index in [0.717, 1.165) is 48.2 Å². The molecule has 0 radical (unpaired) electrons. The maximum Gasteiger partial charge on any atom is 0.219 e. The quantitative estimate of drug-likeness (QED) is 0.623. The van der Waals surface area contributed by atoms with E-state index < -0.39 is 0 Å². The minimum Gasteiger partial charge on any atom is -0.340 e. The van der Waals surface area contributed by atoms with E-state index in [1.165, 1.54) is 0 Å². The summed E-state index contributed by atoms with van der Waals surface area (Å²) in [7, 11) is 0. The molecule has 1 aliphatic carbocycles. The molecule has 2 aromatic heterocycles. The molecule has 2 heterocycles. The van der Waals surface area contributed by atoms with Crippen molar-refractivity contribution in [1.82, 2.24) is 19.9 Å². The Hall–Kier alpha value is -2.11. The highest BCUT2D eigenvalue weighted by Gasteiger charge is 2.30. The fourth-order valence-corrected chi connectivity index (χ4v) is 4.72. The van der Waals surface area contributed by atoms with Crippen LogP contribution in [0.25, 0.3) is 11.2 Å². The number of hydrogen-bond donors (Lipinski definition) is 1. The fraction of sp³-hybridized carbons (Fsp3) is 0.381. The van der Waals surface area contributed by atoms with Crippen LogP contribution < -0.4 is 0 Å². The Morgan fingerprint density at radius 2 is 2.04 bits per heavy atom. The molecule has 1 saturated carbocycles. The van der Waals surface area contributed by atoms with Gasteiger partial charge in [0.1, 0.15) is 5.82 Å². The first-order valence-corrected chi connectivity index (χ1v) is 10.3. The molecule has 1 aliphatic rings. The monoisotopic (exact) mass is 416 g/mol. The van der Waals surface area contributed by atoms with Crippen molar-refractivity contribution < 1.29 is 4.79 Å². The molecule has 3 aromatic rings. The molecule has 1 N–H and O–H groups in total. The maximum absolute atomic E-state index is 12.4. The van der Waals surface area contributed by atoms with Gasteiger partial charge in [-0.05, 0) is 55.2 Å².